The van der Waals surface area contributed by atoms with Crippen molar-refractivity contribution >= 4 is 29.9 Å². The monoisotopic (exact) mass is 447 g/mol. The van der Waals surface area contributed by atoms with Gasteiger partial charge >= 0.3 is 0 Å². The molecule has 0 unspecified atom stereocenters. The summed E-state index contributed by atoms with van der Waals surface area (Å²) >= 11 is 0. The molecule has 0 spiro atoms. The Kier molecular flexibility index (Phi) is 8.53. The van der Waals surface area contributed by atoms with E-state index in [0.717, 1.165) is 30.0 Å². The zero-order valence-corrected chi connectivity index (χ0v) is 18.3. The molecule has 0 saturated heterocycles. The fourth-order valence-electron chi connectivity index (χ4n) is 3.56. The van der Waals surface area contributed by atoms with Crippen LogP contribution >= 0.6 is 24.0 Å². The molecule has 0 aliphatic heterocycles. The molecule has 1 aromatic rings. The number of nitrogens with one attached hydrogen (secondary N) is 2. The normalized spacial score (nSPS) is 21.5. The number of aryl methyl sites for hydroxylation is 2. The first-order valence-electron chi connectivity index (χ1n) is 8.88. The predicted octanol–water partition coefficient (Wildman–Crippen LogP) is 3.53. The lowest BCUT2D eigenvalue weighted by Gasteiger charge is -2.32. The van der Waals surface area contributed by atoms with Crippen molar-refractivity contribution in [3.05, 3.63) is 17.0 Å². The van der Waals surface area contributed by atoms with Crippen LogP contribution in [0.1, 0.15) is 56.5 Å². The van der Waals surface area contributed by atoms with Crippen molar-refractivity contribution in [1.82, 2.24) is 20.4 Å². The highest BCUT2D eigenvalue weighted by molar-refractivity contribution is 14.0. The molecule has 0 amide bonds. The number of rotatable bonds is 4. The highest BCUT2D eigenvalue weighted by Gasteiger charge is 2.23. The van der Waals surface area contributed by atoms with Crippen LogP contribution in [0, 0.1) is 25.7 Å². The molecule has 0 aromatic carbocycles. The summed E-state index contributed by atoms with van der Waals surface area (Å²) in [6, 6.07) is 0.548. The molecule has 1 heterocycles. The SMILES string of the molecule is CN=C(NCc1c(C)nn(C)c1C)NC1CCC(C(C)C)CC1.I. The second-order valence-electron chi connectivity index (χ2n) is 7.20. The Labute approximate surface area is 164 Å². The Morgan fingerprint density at radius 2 is 1.88 bits per heavy atom. The Bertz CT molecular complexity index is 542. The first-order valence-corrected chi connectivity index (χ1v) is 8.88. The fraction of sp³-hybridized carbons (Fsp3) is 0.778. The van der Waals surface area contributed by atoms with Crippen molar-refractivity contribution in [2.24, 2.45) is 23.9 Å². The minimum atomic E-state index is 0. The lowest BCUT2D eigenvalue weighted by atomic mass is 9.80. The van der Waals surface area contributed by atoms with E-state index in [0.29, 0.717) is 6.04 Å². The molecule has 138 valence electrons. The minimum Gasteiger partial charge on any atom is -0.354 e. The summed E-state index contributed by atoms with van der Waals surface area (Å²) in [7, 11) is 3.84. The summed E-state index contributed by atoms with van der Waals surface area (Å²) in [5, 5.41) is 11.5. The maximum absolute atomic E-state index is 4.47. The van der Waals surface area contributed by atoms with Crippen molar-refractivity contribution in [1.29, 1.82) is 0 Å². The maximum Gasteiger partial charge on any atom is 0.191 e. The number of aliphatic imine (C=N–C) groups is 1. The highest BCUT2D eigenvalue weighted by Crippen LogP contribution is 2.29. The smallest absolute Gasteiger partial charge is 0.191 e. The highest BCUT2D eigenvalue weighted by atomic mass is 127. The molecule has 0 atom stereocenters. The Hall–Kier alpha value is -0.790. The second kappa shape index (κ2) is 9.63. The molecule has 6 heteroatoms. The summed E-state index contributed by atoms with van der Waals surface area (Å²) in [6.45, 7) is 9.63. The van der Waals surface area contributed by atoms with E-state index in [1.807, 2.05) is 18.8 Å². The van der Waals surface area contributed by atoms with Crippen LogP contribution < -0.4 is 10.6 Å². The average Bonchev–Trinajstić information content (AvgIpc) is 2.77. The number of halogens is 1. The van der Waals surface area contributed by atoms with Crippen molar-refractivity contribution < 1.29 is 0 Å². The Morgan fingerprint density at radius 3 is 2.33 bits per heavy atom. The number of hydrogen-bond donors (Lipinski definition) is 2. The fourth-order valence-corrected chi connectivity index (χ4v) is 3.56. The Balaban J connectivity index is 0.00000288. The van der Waals surface area contributed by atoms with Gasteiger partial charge in [-0.15, -0.1) is 24.0 Å². The second-order valence-corrected chi connectivity index (χ2v) is 7.20. The van der Waals surface area contributed by atoms with Gasteiger partial charge in [-0.1, -0.05) is 13.8 Å². The number of guanidine groups is 1. The zero-order chi connectivity index (χ0) is 17.0. The predicted molar refractivity (Wildman–Crippen MR) is 112 cm³/mol. The van der Waals surface area contributed by atoms with E-state index in [-0.39, 0.29) is 24.0 Å². The van der Waals surface area contributed by atoms with E-state index in [4.69, 9.17) is 0 Å². The van der Waals surface area contributed by atoms with Gasteiger partial charge in [-0.3, -0.25) is 9.67 Å². The average molecular weight is 447 g/mol. The molecule has 2 rings (SSSR count). The maximum atomic E-state index is 4.47. The summed E-state index contributed by atoms with van der Waals surface area (Å²) < 4.78 is 1.94. The molecule has 1 aliphatic rings. The van der Waals surface area contributed by atoms with Gasteiger partial charge in [0.1, 0.15) is 0 Å². The number of nitrogens with zero attached hydrogens (tertiary/aromatic N) is 3. The van der Waals surface area contributed by atoms with Gasteiger partial charge < -0.3 is 10.6 Å². The largest absolute Gasteiger partial charge is 0.354 e. The summed E-state index contributed by atoms with van der Waals surface area (Å²) in [4.78, 5) is 4.38. The molecular formula is C18H34IN5. The third kappa shape index (κ3) is 5.36. The number of aromatic nitrogens is 2. The van der Waals surface area contributed by atoms with Gasteiger partial charge in [0.25, 0.3) is 0 Å². The van der Waals surface area contributed by atoms with Gasteiger partial charge in [0.2, 0.25) is 0 Å². The molecule has 5 nitrogen and oxygen atoms in total. The van der Waals surface area contributed by atoms with Crippen LogP contribution in [-0.2, 0) is 13.6 Å². The van der Waals surface area contributed by atoms with Crippen LogP contribution in [0.25, 0.3) is 0 Å². The zero-order valence-electron chi connectivity index (χ0n) is 16.0. The van der Waals surface area contributed by atoms with E-state index in [1.54, 1.807) is 0 Å². The standard InChI is InChI=1S/C18H33N5.HI/c1-12(2)15-7-9-16(10-8-15)21-18(19-5)20-11-17-13(3)22-23(6)14(17)4;/h12,15-16H,7-11H2,1-6H3,(H2,19,20,21);1H. The topological polar surface area (TPSA) is 54.2 Å². The first kappa shape index (κ1) is 21.3. The van der Waals surface area contributed by atoms with Crippen LogP contribution in [0.4, 0.5) is 0 Å². The molecule has 1 fully saturated rings. The van der Waals surface area contributed by atoms with E-state index >= 15 is 0 Å². The summed E-state index contributed by atoms with van der Waals surface area (Å²) in [6.07, 6.45) is 5.14. The van der Waals surface area contributed by atoms with Crippen LogP contribution in [-0.4, -0.2) is 28.8 Å². The third-order valence-electron chi connectivity index (χ3n) is 5.37. The molecule has 1 aromatic heterocycles. The van der Waals surface area contributed by atoms with Crippen LogP contribution in [0.15, 0.2) is 4.99 Å². The molecule has 24 heavy (non-hydrogen) atoms. The summed E-state index contributed by atoms with van der Waals surface area (Å²) in [5.74, 6) is 2.61. The third-order valence-corrected chi connectivity index (χ3v) is 5.37. The van der Waals surface area contributed by atoms with Crippen molar-refractivity contribution in [2.45, 2.75) is 66.0 Å². The van der Waals surface area contributed by atoms with Crippen LogP contribution in [0.3, 0.4) is 0 Å². The summed E-state index contributed by atoms with van der Waals surface area (Å²) in [5.41, 5.74) is 3.56. The van der Waals surface area contributed by atoms with Gasteiger partial charge in [-0.2, -0.15) is 5.10 Å². The van der Waals surface area contributed by atoms with Crippen molar-refractivity contribution in [3.63, 3.8) is 0 Å². The van der Waals surface area contributed by atoms with Crippen LogP contribution in [0.2, 0.25) is 0 Å². The van der Waals surface area contributed by atoms with Crippen molar-refractivity contribution in [2.75, 3.05) is 7.05 Å². The van der Waals surface area contributed by atoms with E-state index in [9.17, 15) is 0 Å². The molecular weight excluding hydrogens is 413 g/mol. The van der Waals surface area contributed by atoms with E-state index in [1.165, 1.54) is 36.9 Å². The quantitative estimate of drug-likeness (QED) is 0.422. The van der Waals surface area contributed by atoms with E-state index in [2.05, 4.69) is 48.4 Å². The molecule has 1 aliphatic carbocycles. The van der Waals surface area contributed by atoms with Gasteiger partial charge in [0, 0.05) is 37.9 Å². The lowest BCUT2D eigenvalue weighted by Crippen LogP contribution is -2.44. The van der Waals surface area contributed by atoms with Gasteiger partial charge in [-0.05, 0) is 51.4 Å². The molecule has 0 radical (unpaired) electrons. The lowest BCUT2D eigenvalue weighted by molar-refractivity contribution is 0.250. The minimum absolute atomic E-state index is 0. The van der Waals surface area contributed by atoms with E-state index < -0.39 is 0 Å². The van der Waals surface area contributed by atoms with Crippen LogP contribution in [0.5, 0.6) is 0 Å². The van der Waals surface area contributed by atoms with Crippen molar-refractivity contribution in [3.8, 4) is 0 Å². The van der Waals surface area contributed by atoms with Gasteiger partial charge in [0.05, 0.1) is 5.69 Å². The molecule has 0 bridgehead atoms. The molecule has 2 N–H and O–H groups in total. The Morgan fingerprint density at radius 1 is 1.25 bits per heavy atom. The number of hydrogen-bond acceptors (Lipinski definition) is 2. The van der Waals surface area contributed by atoms with Gasteiger partial charge in [0.15, 0.2) is 5.96 Å². The molecule has 1 saturated carbocycles. The van der Waals surface area contributed by atoms with Gasteiger partial charge in [-0.25, -0.2) is 0 Å². The first-order chi connectivity index (χ1) is 10.9.